The second-order valence-electron chi connectivity index (χ2n) is 6.84. The Kier molecular flexibility index (Phi) is 5.53. The van der Waals surface area contributed by atoms with Crippen molar-refractivity contribution >= 4 is 23.2 Å². The van der Waals surface area contributed by atoms with Crippen LogP contribution in [0.15, 0.2) is 54.6 Å². The van der Waals surface area contributed by atoms with Crippen LogP contribution in [-0.2, 0) is 9.59 Å². The minimum atomic E-state index is -5.20. The summed E-state index contributed by atoms with van der Waals surface area (Å²) in [7, 11) is 0. The van der Waals surface area contributed by atoms with Crippen molar-refractivity contribution in [3.63, 3.8) is 0 Å². The molecule has 2 amide bonds. The van der Waals surface area contributed by atoms with E-state index in [1.54, 1.807) is 6.07 Å². The highest BCUT2D eigenvalue weighted by atomic mass is 19.4. The average Bonchev–Trinajstić information content (AvgIpc) is 2.67. The number of carbonyl (C=O) groups is 2. The summed E-state index contributed by atoms with van der Waals surface area (Å²) >= 11 is 0. The van der Waals surface area contributed by atoms with Crippen molar-refractivity contribution in [2.24, 2.45) is 0 Å². The van der Waals surface area contributed by atoms with Crippen LogP contribution >= 0.6 is 0 Å². The van der Waals surface area contributed by atoms with Crippen molar-refractivity contribution in [3.8, 4) is 0 Å². The number of para-hydroxylation sites is 2. The number of anilines is 2. The van der Waals surface area contributed by atoms with Gasteiger partial charge in [0.05, 0.1) is 6.04 Å². The van der Waals surface area contributed by atoms with Crippen LogP contribution in [0.5, 0.6) is 0 Å². The number of benzene rings is 2. The van der Waals surface area contributed by atoms with E-state index in [0.717, 1.165) is 0 Å². The molecule has 30 heavy (non-hydrogen) atoms. The molecular formula is C20H16F6N2O2. The third-order valence-electron chi connectivity index (χ3n) is 4.83. The van der Waals surface area contributed by atoms with Gasteiger partial charge in [-0.3, -0.25) is 14.5 Å². The lowest BCUT2D eigenvalue weighted by Gasteiger charge is -2.43. The maximum atomic E-state index is 13.4. The van der Waals surface area contributed by atoms with Gasteiger partial charge in [0.1, 0.15) is 0 Å². The number of rotatable bonds is 2. The van der Waals surface area contributed by atoms with Gasteiger partial charge < -0.3 is 4.90 Å². The van der Waals surface area contributed by atoms with E-state index >= 15 is 0 Å². The van der Waals surface area contributed by atoms with Crippen LogP contribution in [-0.4, -0.2) is 30.2 Å². The summed E-state index contributed by atoms with van der Waals surface area (Å²) in [6, 6.07) is 10.1. The second kappa shape index (κ2) is 7.66. The number of nitrogens with zero attached hydrogens (tertiary/aromatic N) is 2. The van der Waals surface area contributed by atoms with Crippen molar-refractivity contribution in [3.05, 3.63) is 60.2 Å². The minimum absolute atomic E-state index is 0.0228. The Bertz CT molecular complexity index is 942. The number of halogens is 6. The molecule has 0 unspecified atom stereocenters. The Morgan fingerprint density at radius 2 is 1.47 bits per heavy atom. The molecule has 4 nitrogen and oxygen atoms in total. The van der Waals surface area contributed by atoms with Crippen LogP contribution in [0.3, 0.4) is 0 Å². The summed E-state index contributed by atoms with van der Waals surface area (Å²) in [4.78, 5) is 25.3. The van der Waals surface area contributed by atoms with Crippen molar-refractivity contribution in [2.75, 3.05) is 9.80 Å². The molecule has 2 aromatic rings. The molecule has 0 aliphatic carbocycles. The van der Waals surface area contributed by atoms with E-state index in [4.69, 9.17) is 0 Å². The Balaban J connectivity index is 2.16. The zero-order valence-corrected chi connectivity index (χ0v) is 15.5. The van der Waals surface area contributed by atoms with Gasteiger partial charge in [-0.2, -0.15) is 26.3 Å². The highest BCUT2D eigenvalue weighted by molar-refractivity contribution is 6.01. The zero-order valence-electron chi connectivity index (χ0n) is 15.5. The molecule has 0 N–H and O–H groups in total. The monoisotopic (exact) mass is 430 g/mol. The van der Waals surface area contributed by atoms with E-state index in [0.29, 0.717) is 9.80 Å². The van der Waals surface area contributed by atoms with Crippen LogP contribution in [0.4, 0.5) is 37.7 Å². The molecule has 0 saturated heterocycles. The summed E-state index contributed by atoms with van der Waals surface area (Å²) in [6.07, 6.45) is -10.7. The molecule has 2 aromatic carbocycles. The lowest BCUT2D eigenvalue weighted by molar-refractivity contribution is -0.171. The van der Waals surface area contributed by atoms with Crippen LogP contribution in [0, 0.1) is 0 Å². The first-order chi connectivity index (χ1) is 13.9. The number of hydrogen-bond donors (Lipinski definition) is 0. The molecule has 1 aliphatic rings. The van der Waals surface area contributed by atoms with Gasteiger partial charge in [0.15, 0.2) is 0 Å². The summed E-state index contributed by atoms with van der Waals surface area (Å²) < 4.78 is 79.4. The zero-order chi connectivity index (χ0) is 22.3. The summed E-state index contributed by atoms with van der Waals surface area (Å²) in [5.41, 5.74) is -0.212. The maximum Gasteiger partial charge on any atom is 0.471 e. The average molecular weight is 430 g/mol. The third kappa shape index (κ3) is 3.99. The molecule has 0 radical (unpaired) electrons. The second-order valence-corrected chi connectivity index (χ2v) is 6.84. The maximum absolute atomic E-state index is 13.4. The van der Waals surface area contributed by atoms with Gasteiger partial charge in [-0.15, -0.1) is 0 Å². The molecule has 0 spiro atoms. The van der Waals surface area contributed by atoms with E-state index in [1.807, 2.05) is 0 Å². The van der Waals surface area contributed by atoms with Gasteiger partial charge in [-0.25, -0.2) is 0 Å². The van der Waals surface area contributed by atoms with Crippen molar-refractivity contribution in [1.29, 1.82) is 0 Å². The fourth-order valence-electron chi connectivity index (χ4n) is 3.64. The van der Waals surface area contributed by atoms with Crippen molar-refractivity contribution in [1.82, 2.24) is 0 Å². The molecule has 0 fully saturated rings. The smallest absolute Gasteiger partial charge is 0.301 e. The minimum Gasteiger partial charge on any atom is -0.301 e. The predicted octanol–water partition coefficient (Wildman–Crippen LogP) is 5.01. The molecule has 10 heteroatoms. The molecular weight excluding hydrogens is 414 g/mol. The van der Waals surface area contributed by atoms with Crippen LogP contribution in [0.2, 0.25) is 0 Å². The normalized spacial score (nSPS) is 19.2. The molecule has 1 heterocycles. The van der Waals surface area contributed by atoms with Gasteiger partial charge in [0, 0.05) is 17.4 Å². The number of amides is 2. The third-order valence-corrected chi connectivity index (χ3v) is 4.83. The standard InChI is InChI=1S/C20H16F6N2O2/c1-12-11-16(28(18(30)20(24,25)26)13-7-3-2-4-8-13)14-9-5-6-10-15(14)27(12)17(29)19(21,22)23/h2-10,12,16H,11H2,1H3/t12-,16+/m1/s1. The fraction of sp³-hybridized carbons (Fsp3) is 0.300. The van der Waals surface area contributed by atoms with Crippen LogP contribution < -0.4 is 9.80 Å². The van der Waals surface area contributed by atoms with Crippen molar-refractivity contribution in [2.45, 2.75) is 37.8 Å². The highest BCUT2D eigenvalue weighted by Gasteiger charge is 2.51. The van der Waals surface area contributed by atoms with Gasteiger partial charge in [-0.1, -0.05) is 36.4 Å². The van der Waals surface area contributed by atoms with E-state index in [-0.39, 0.29) is 23.4 Å². The Morgan fingerprint density at radius 3 is 2.03 bits per heavy atom. The quantitative estimate of drug-likeness (QED) is 0.629. The lowest BCUT2D eigenvalue weighted by Crippen LogP contribution is -2.53. The van der Waals surface area contributed by atoms with E-state index in [1.165, 1.54) is 55.5 Å². The molecule has 1 aliphatic heterocycles. The SMILES string of the molecule is C[C@@H]1C[C@H](N(C(=O)C(F)(F)F)c2ccccc2)c2ccccc2N1C(=O)C(F)(F)F. The molecule has 160 valence electrons. The molecule has 0 bridgehead atoms. The molecule has 2 atom stereocenters. The number of alkyl halides is 6. The predicted molar refractivity (Wildman–Crippen MR) is 96.8 cm³/mol. The number of hydrogen-bond acceptors (Lipinski definition) is 2. The first-order valence-corrected chi connectivity index (χ1v) is 8.87. The van der Waals surface area contributed by atoms with Gasteiger partial charge >= 0.3 is 24.2 Å². The molecule has 3 rings (SSSR count). The Labute approximate surface area is 167 Å². The summed E-state index contributed by atoms with van der Waals surface area (Å²) in [5, 5.41) is 0. The number of carbonyl (C=O) groups excluding carboxylic acids is 2. The van der Waals surface area contributed by atoms with Crippen LogP contribution in [0.25, 0.3) is 0 Å². The van der Waals surface area contributed by atoms with Crippen molar-refractivity contribution < 1.29 is 35.9 Å². The highest BCUT2D eigenvalue weighted by Crippen LogP contribution is 2.44. The first-order valence-electron chi connectivity index (χ1n) is 8.87. The van der Waals surface area contributed by atoms with E-state index in [2.05, 4.69) is 0 Å². The lowest BCUT2D eigenvalue weighted by atomic mass is 9.89. The van der Waals surface area contributed by atoms with Crippen LogP contribution in [0.1, 0.15) is 24.9 Å². The first kappa shape index (κ1) is 21.7. The van der Waals surface area contributed by atoms with E-state index in [9.17, 15) is 35.9 Å². The largest absolute Gasteiger partial charge is 0.471 e. The topological polar surface area (TPSA) is 40.6 Å². The summed E-state index contributed by atoms with van der Waals surface area (Å²) in [5.74, 6) is -4.26. The van der Waals surface area contributed by atoms with Gasteiger partial charge in [0.2, 0.25) is 0 Å². The summed E-state index contributed by atoms with van der Waals surface area (Å²) in [6.45, 7) is 1.30. The molecule has 0 aromatic heterocycles. The Morgan fingerprint density at radius 1 is 0.900 bits per heavy atom. The Hall–Kier alpha value is -3.04. The van der Waals surface area contributed by atoms with Gasteiger partial charge in [0.25, 0.3) is 0 Å². The van der Waals surface area contributed by atoms with Gasteiger partial charge in [-0.05, 0) is 37.1 Å². The van der Waals surface area contributed by atoms with E-state index < -0.39 is 36.3 Å². The number of fused-ring (bicyclic) bond motifs is 1. The fourth-order valence-corrected chi connectivity index (χ4v) is 3.64. The molecule has 0 saturated carbocycles.